The van der Waals surface area contributed by atoms with Crippen molar-refractivity contribution in [2.24, 2.45) is 0 Å². The number of aromatic nitrogens is 4. The third-order valence-corrected chi connectivity index (χ3v) is 7.22. The fraction of sp³-hybridized carbons (Fsp3) is 0.238. The predicted molar refractivity (Wildman–Crippen MR) is 127 cm³/mol. The van der Waals surface area contributed by atoms with Crippen LogP contribution in [-0.2, 0) is 6.54 Å². The van der Waals surface area contributed by atoms with E-state index in [1.807, 2.05) is 29.6 Å². The van der Waals surface area contributed by atoms with Crippen LogP contribution in [0.1, 0.15) is 16.8 Å². The highest BCUT2D eigenvalue weighted by Gasteiger charge is 2.17. The summed E-state index contributed by atoms with van der Waals surface area (Å²) in [4.78, 5) is 20.1. The number of amides is 1. The van der Waals surface area contributed by atoms with Crippen molar-refractivity contribution in [2.45, 2.75) is 22.5 Å². The number of hydrogen-bond acceptors (Lipinski definition) is 8. The smallest absolute Gasteiger partial charge is 0.256 e. The summed E-state index contributed by atoms with van der Waals surface area (Å²) in [6.45, 7) is 1.81. The van der Waals surface area contributed by atoms with Gasteiger partial charge in [0.05, 0.1) is 11.1 Å². The van der Waals surface area contributed by atoms with Gasteiger partial charge in [0.1, 0.15) is 5.00 Å². The Kier molecular flexibility index (Phi) is 7.13. The number of carbonyl (C=O) groups excluding carboxylic acids is 1. The molecular weight excluding hydrogens is 448 g/mol. The van der Waals surface area contributed by atoms with Crippen molar-refractivity contribution in [3.8, 4) is 10.7 Å². The molecule has 0 aliphatic rings. The lowest BCUT2D eigenvalue weighted by atomic mass is 10.2. The summed E-state index contributed by atoms with van der Waals surface area (Å²) < 4.78 is 2.96. The van der Waals surface area contributed by atoms with Crippen molar-refractivity contribution in [1.82, 2.24) is 24.6 Å². The number of hydrogen-bond donors (Lipinski definition) is 1. The van der Waals surface area contributed by atoms with Crippen LogP contribution in [0.5, 0.6) is 0 Å². The van der Waals surface area contributed by atoms with E-state index in [1.165, 1.54) is 23.1 Å². The molecule has 31 heavy (non-hydrogen) atoms. The highest BCUT2D eigenvalue weighted by atomic mass is 32.2. The summed E-state index contributed by atoms with van der Waals surface area (Å²) in [6.07, 6.45) is 2.67. The normalized spacial score (nSPS) is 11.2. The number of nitrogens with one attached hydrogen (secondary N) is 1. The minimum absolute atomic E-state index is 0.146. The fourth-order valence-corrected chi connectivity index (χ4v) is 5.46. The molecule has 0 fully saturated rings. The molecule has 0 aliphatic carbocycles. The maximum Gasteiger partial charge on any atom is 0.256 e. The number of rotatable bonds is 9. The van der Waals surface area contributed by atoms with Gasteiger partial charge in [-0.15, -0.1) is 21.5 Å². The second-order valence-corrected chi connectivity index (χ2v) is 10.2. The van der Waals surface area contributed by atoms with Gasteiger partial charge in [0.25, 0.3) is 5.91 Å². The third-order valence-electron chi connectivity index (χ3n) is 4.38. The Labute approximate surface area is 193 Å². The van der Waals surface area contributed by atoms with Crippen molar-refractivity contribution < 1.29 is 4.79 Å². The molecule has 0 aliphatic heterocycles. The molecule has 0 unspecified atom stereocenters. The molecule has 0 spiro atoms. The van der Waals surface area contributed by atoms with Gasteiger partial charge in [-0.25, -0.2) is 4.98 Å². The number of thiophene rings is 1. The molecule has 4 aromatic rings. The van der Waals surface area contributed by atoms with Gasteiger partial charge in [-0.2, -0.15) is 0 Å². The van der Waals surface area contributed by atoms with Gasteiger partial charge in [0.15, 0.2) is 15.3 Å². The van der Waals surface area contributed by atoms with Gasteiger partial charge in [-0.1, -0.05) is 35.6 Å². The first kappa shape index (κ1) is 21.7. The minimum Gasteiger partial charge on any atom is -0.312 e. The van der Waals surface area contributed by atoms with Crippen LogP contribution < -0.4 is 5.32 Å². The van der Waals surface area contributed by atoms with Crippen LogP contribution in [0.25, 0.3) is 10.7 Å². The van der Waals surface area contributed by atoms with Gasteiger partial charge in [0.2, 0.25) is 0 Å². The highest BCUT2D eigenvalue weighted by molar-refractivity contribution is 8.01. The van der Waals surface area contributed by atoms with E-state index in [-0.39, 0.29) is 5.91 Å². The third kappa shape index (κ3) is 5.59. The van der Waals surface area contributed by atoms with E-state index in [4.69, 9.17) is 0 Å². The van der Waals surface area contributed by atoms with E-state index in [0.717, 1.165) is 39.7 Å². The minimum atomic E-state index is -0.146. The van der Waals surface area contributed by atoms with Gasteiger partial charge < -0.3 is 14.8 Å². The van der Waals surface area contributed by atoms with Gasteiger partial charge in [0, 0.05) is 12.1 Å². The number of thiazole rings is 1. The van der Waals surface area contributed by atoms with Crippen LogP contribution in [-0.4, -0.2) is 51.2 Å². The molecule has 160 valence electrons. The SMILES string of the molecule is CN(C)CCCn1c(Sc2ncc(NC(=O)c3ccccc3)s2)nnc1-c1cccs1. The monoisotopic (exact) mass is 470 g/mol. The molecule has 1 N–H and O–H groups in total. The van der Waals surface area contributed by atoms with Crippen LogP contribution >= 0.6 is 34.4 Å². The van der Waals surface area contributed by atoms with Gasteiger partial charge in [-0.05, 0) is 62.4 Å². The van der Waals surface area contributed by atoms with Crippen molar-refractivity contribution >= 4 is 45.3 Å². The first-order valence-electron chi connectivity index (χ1n) is 9.72. The molecule has 0 radical (unpaired) electrons. The van der Waals surface area contributed by atoms with Crippen LogP contribution in [0.15, 0.2) is 63.5 Å². The van der Waals surface area contributed by atoms with E-state index < -0.39 is 0 Å². The molecule has 3 aromatic heterocycles. The van der Waals surface area contributed by atoms with E-state index in [1.54, 1.807) is 29.7 Å². The number of anilines is 1. The largest absolute Gasteiger partial charge is 0.312 e. The molecular formula is C21H22N6OS3. The summed E-state index contributed by atoms with van der Waals surface area (Å²) in [5, 5.41) is 15.3. The van der Waals surface area contributed by atoms with Crippen molar-refractivity contribution in [3.63, 3.8) is 0 Å². The second kappa shape index (κ2) is 10.2. The number of carbonyl (C=O) groups is 1. The zero-order valence-corrected chi connectivity index (χ0v) is 19.6. The van der Waals surface area contributed by atoms with Crippen LogP contribution in [0.2, 0.25) is 0 Å². The first-order chi connectivity index (χ1) is 15.1. The van der Waals surface area contributed by atoms with E-state index in [9.17, 15) is 4.79 Å². The van der Waals surface area contributed by atoms with Crippen molar-refractivity contribution in [2.75, 3.05) is 26.0 Å². The lowest BCUT2D eigenvalue weighted by Crippen LogP contribution is -2.15. The summed E-state index contributed by atoms with van der Waals surface area (Å²) >= 11 is 4.55. The van der Waals surface area contributed by atoms with Crippen LogP contribution in [0.3, 0.4) is 0 Å². The Balaban J connectivity index is 1.49. The fourth-order valence-electron chi connectivity index (χ4n) is 2.91. The Hall–Kier alpha value is -2.53. The molecule has 0 atom stereocenters. The molecule has 0 saturated heterocycles. The molecule has 0 saturated carbocycles. The van der Waals surface area contributed by atoms with Crippen LogP contribution in [0.4, 0.5) is 5.00 Å². The average Bonchev–Trinajstić information content (AvgIpc) is 3.51. The molecule has 0 bridgehead atoms. The summed E-state index contributed by atoms with van der Waals surface area (Å²) in [6, 6.07) is 13.2. The highest BCUT2D eigenvalue weighted by Crippen LogP contribution is 2.35. The summed E-state index contributed by atoms with van der Waals surface area (Å²) in [5.41, 5.74) is 0.617. The standard InChI is InChI=1S/C21H22N6OS3/c1-26(2)11-7-12-27-18(16-10-6-13-29-16)24-25-20(27)31-21-22-14-17(30-21)23-19(28)15-8-4-3-5-9-15/h3-6,8-10,13-14H,7,11-12H2,1-2H3,(H,23,28). The van der Waals surface area contributed by atoms with Gasteiger partial charge in [-0.3, -0.25) is 4.79 Å². The number of nitrogens with zero attached hydrogens (tertiary/aromatic N) is 5. The molecule has 4 rings (SSSR count). The zero-order chi connectivity index (χ0) is 21.6. The second-order valence-electron chi connectivity index (χ2n) is 7.00. The first-order valence-corrected chi connectivity index (χ1v) is 12.2. The van der Waals surface area contributed by atoms with Crippen molar-refractivity contribution in [1.29, 1.82) is 0 Å². The van der Waals surface area contributed by atoms with E-state index in [0.29, 0.717) is 10.6 Å². The Morgan fingerprint density at radius 3 is 2.74 bits per heavy atom. The van der Waals surface area contributed by atoms with Gasteiger partial charge >= 0.3 is 0 Å². The molecule has 10 heteroatoms. The van der Waals surface area contributed by atoms with Crippen LogP contribution in [0, 0.1) is 0 Å². The van der Waals surface area contributed by atoms with E-state index in [2.05, 4.69) is 50.1 Å². The quantitative estimate of drug-likeness (QED) is 0.378. The Bertz CT molecular complexity index is 1120. The summed E-state index contributed by atoms with van der Waals surface area (Å²) in [7, 11) is 4.14. The molecule has 1 amide bonds. The maximum atomic E-state index is 12.4. The average molecular weight is 471 g/mol. The Morgan fingerprint density at radius 2 is 2.00 bits per heavy atom. The summed E-state index contributed by atoms with van der Waals surface area (Å²) in [5.74, 6) is 0.734. The predicted octanol–water partition coefficient (Wildman–Crippen LogP) is 4.82. The zero-order valence-electron chi connectivity index (χ0n) is 17.2. The lowest BCUT2D eigenvalue weighted by Gasteiger charge is -2.12. The maximum absolute atomic E-state index is 12.4. The Morgan fingerprint density at radius 1 is 1.16 bits per heavy atom. The molecule has 7 nitrogen and oxygen atoms in total. The van der Waals surface area contributed by atoms with Crippen molar-refractivity contribution in [3.05, 3.63) is 59.6 Å². The molecule has 1 aromatic carbocycles. The number of benzene rings is 1. The molecule has 3 heterocycles. The van der Waals surface area contributed by atoms with E-state index >= 15 is 0 Å². The lowest BCUT2D eigenvalue weighted by molar-refractivity contribution is 0.102. The topological polar surface area (TPSA) is 75.9 Å².